The van der Waals surface area contributed by atoms with Gasteiger partial charge in [-0.25, -0.2) is 9.69 Å². The van der Waals surface area contributed by atoms with E-state index in [4.69, 9.17) is 14.0 Å². The highest BCUT2D eigenvalue weighted by molar-refractivity contribution is 6.56. The zero-order valence-electron chi connectivity index (χ0n) is 20.2. The summed E-state index contributed by atoms with van der Waals surface area (Å²) in [6.45, 7) is 13.4. The average Bonchev–Trinajstić information content (AvgIpc) is 3.12. The molecule has 1 aromatic carbocycles. The minimum atomic E-state index is -0.671. The first-order valence-electron chi connectivity index (χ1n) is 10.9. The number of benzene rings is 1. The van der Waals surface area contributed by atoms with E-state index in [1.54, 1.807) is 45.0 Å². The van der Waals surface area contributed by atoms with Crippen LogP contribution in [0.4, 0.5) is 10.5 Å². The van der Waals surface area contributed by atoms with Crippen LogP contribution in [0.5, 0.6) is 0 Å². The molecule has 2 heterocycles. The van der Waals surface area contributed by atoms with Crippen LogP contribution in [0, 0.1) is 0 Å². The number of imide groups is 1. The fourth-order valence-corrected chi connectivity index (χ4v) is 3.27. The molecule has 0 unspecified atom stereocenters. The molecule has 8 nitrogen and oxygen atoms in total. The Bertz CT molecular complexity index is 971. The van der Waals surface area contributed by atoms with Gasteiger partial charge in [0.2, 0.25) is 0 Å². The second-order valence-corrected chi connectivity index (χ2v) is 10.1. The van der Waals surface area contributed by atoms with E-state index in [-0.39, 0.29) is 18.4 Å². The molecule has 176 valence electrons. The van der Waals surface area contributed by atoms with Gasteiger partial charge in [-0.05, 0) is 71.6 Å². The number of alkyl carbamates (subject to hydrolysis) is 1. The molecule has 1 saturated heterocycles. The number of ether oxygens (including phenoxy) is 1. The topological polar surface area (TPSA) is 94.2 Å². The Morgan fingerprint density at radius 1 is 1.03 bits per heavy atom. The van der Waals surface area contributed by atoms with Crippen LogP contribution in [0.1, 0.15) is 54.0 Å². The predicted octanol–water partition coefficient (Wildman–Crippen LogP) is 3.66. The highest BCUT2D eigenvalue weighted by Gasteiger charge is 2.52. The van der Waals surface area contributed by atoms with E-state index in [1.165, 1.54) is 12.2 Å². The van der Waals surface area contributed by atoms with Crippen LogP contribution >= 0.6 is 0 Å². The summed E-state index contributed by atoms with van der Waals surface area (Å²) >= 11 is 0. The Kier molecular flexibility index (Phi) is 6.59. The number of hydrogen-bond acceptors (Lipinski definition) is 6. The third-order valence-electron chi connectivity index (χ3n) is 5.70. The quantitative estimate of drug-likeness (QED) is 0.539. The molecule has 0 bridgehead atoms. The van der Waals surface area contributed by atoms with Crippen molar-refractivity contribution in [1.29, 1.82) is 0 Å². The summed E-state index contributed by atoms with van der Waals surface area (Å²) in [7, 11) is -0.671. The molecule has 33 heavy (non-hydrogen) atoms. The molecule has 0 aromatic heterocycles. The van der Waals surface area contributed by atoms with Crippen LogP contribution in [0.15, 0.2) is 41.9 Å². The Morgan fingerprint density at radius 3 is 2.03 bits per heavy atom. The lowest BCUT2D eigenvalue weighted by molar-refractivity contribution is -0.120. The van der Waals surface area contributed by atoms with Gasteiger partial charge in [0.1, 0.15) is 5.60 Å². The van der Waals surface area contributed by atoms with Gasteiger partial charge in [-0.15, -0.1) is 0 Å². The van der Waals surface area contributed by atoms with Crippen LogP contribution in [0.3, 0.4) is 0 Å². The van der Waals surface area contributed by atoms with Gasteiger partial charge >= 0.3 is 13.2 Å². The Morgan fingerprint density at radius 2 is 1.55 bits per heavy atom. The number of carbonyl (C=O) groups excluding carboxylic acids is 3. The van der Waals surface area contributed by atoms with Crippen molar-refractivity contribution in [3.63, 3.8) is 0 Å². The SMILES string of the molecule is CC(C)(C)OC(=O)NCC(=Cc1ccc(N2C(=O)C=CC2=O)cc1)B1OC(C)(C)C(C)(C)O1. The molecule has 1 aromatic rings. The molecule has 0 saturated carbocycles. The van der Waals surface area contributed by atoms with E-state index in [0.717, 1.165) is 10.5 Å². The van der Waals surface area contributed by atoms with Crippen LogP contribution in [0.25, 0.3) is 6.08 Å². The number of anilines is 1. The maximum atomic E-state index is 12.2. The Labute approximate surface area is 195 Å². The van der Waals surface area contributed by atoms with Crippen molar-refractivity contribution < 1.29 is 28.4 Å². The summed E-state index contributed by atoms with van der Waals surface area (Å²) < 4.78 is 17.7. The highest BCUT2D eigenvalue weighted by atomic mass is 16.7. The van der Waals surface area contributed by atoms with Crippen molar-refractivity contribution >= 4 is 36.8 Å². The van der Waals surface area contributed by atoms with E-state index in [2.05, 4.69) is 5.32 Å². The van der Waals surface area contributed by atoms with E-state index < -0.39 is 30.0 Å². The molecule has 1 N–H and O–H groups in total. The standard InChI is InChI=1S/C24H31BN2O6/c1-22(2,3)31-21(30)26-15-17(25-32-23(4,5)24(6,7)33-25)14-16-8-10-18(11-9-16)27-19(28)12-13-20(27)29/h8-14H,15H2,1-7H3,(H,26,30). The second-order valence-electron chi connectivity index (χ2n) is 10.1. The summed E-state index contributed by atoms with van der Waals surface area (Å²) in [5, 5.41) is 2.76. The molecule has 1 fully saturated rings. The molecule has 0 radical (unpaired) electrons. The smallest absolute Gasteiger partial charge is 0.444 e. The summed E-state index contributed by atoms with van der Waals surface area (Å²) in [5.74, 6) is -0.745. The van der Waals surface area contributed by atoms with Crippen molar-refractivity contribution in [3.8, 4) is 0 Å². The monoisotopic (exact) mass is 454 g/mol. The van der Waals surface area contributed by atoms with Gasteiger partial charge in [0.25, 0.3) is 11.8 Å². The van der Waals surface area contributed by atoms with Gasteiger partial charge in [-0.1, -0.05) is 18.2 Å². The van der Waals surface area contributed by atoms with Crippen LogP contribution < -0.4 is 10.2 Å². The first-order chi connectivity index (χ1) is 15.2. The van der Waals surface area contributed by atoms with Gasteiger partial charge < -0.3 is 19.4 Å². The molecule has 3 amide bonds. The molecular weight excluding hydrogens is 423 g/mol. The molecule has 0 atom stereocenters. The van der Waals surface area contributed by atoms with Crippen LogP contribution in [-0.2, 0) is 23.6 Å². The molecule has 2 aliphatic heterocycles. The highest BCUT2D eigenvalue weighted by Crippen LogP contribution is 2.38. The number of hydrogen-bond donors (Lipinski definition) is 1. The van der Waals surface area contributed by atoms with E-state index in [9.17, 15) is 14.4 Å². The van der Waals surface area contributed by atoms with E-state index in [0.29, 0.717) is 11.2 Å². The number of amides is 3. The summed E-state index contributed by atoms with van der Waals surface area (Å²) in [4.78, 5) is 37.2. The van der Waals surface area contributed by atoms with Crippen molar-refractivity contribution in [2.75, 3.05) is 11.4 Å². The predicted molar refractivity (Wildman–Crippen MR) is 126 cm³/mol. The van der Waals surface area contributed by atoms with E-state index in [1.807, 2.05) is 33.8 Å². The van der Waals surface area contributed by atoms with Gasteiger partial charge in [0.05, 0.1) is 16.9 Å². The van der Waals surface area contributed by atoms with Crippen LogP contribution in [0.2, 0.25) is 0 Å². The van der Waals surface area contributed by atoms with Gasteiger partial charge in [0.15, 0.2) is 0 Å². The van der Waals surface area contributed by atoms with Crippen molar-refractivity contribution in [2.24, 2.45) is 0 Å². The van der Waals surface area contributed by atoms with Gasteiger partial charge in [-0.3, -0.25) is 9.59 Å². The number of nitrogens with zero attached hydrogens (tertiary/aromatic N) is 1. The molecule has 2 aliphatic rings. The Hall–Kier alpha value is -2.91. The molecule has 9 heteroatoms. The largest absolute Gasteiger partial charge is 0.492 e. The lowest BCUT2D eigenvalue weighted by Crippen LogP contribution is -2.41. The fraction of sp³-hybridized carbons (Fsp3) is 0.458. The molecule has 0 spiro atoms. The lowest BCUT2D eigenvalue weighted by atomic mass is 9.77. The Balaban J connectivity index is 1.83. The third kappa shape index (κ3) is 5.72. The average molecular weight is 454 g/mol. The number of nitrogens with one attached hydrogen (secondary N) is 1. The van der Waals surface area contributed by atoms with Gasteiger partial charge in [-0.2, -0.15) is 0 Å². The van der Waals surface area contributed by atoms with Crippen LogP contribution in [-0.4, -0.2) is 48.4 Å². The second kappa shape index (κ2) is 8.80. The maximum Gasteiger partial charge on any atom is 0.492 e. The van der Waals surface area contributed by atoms with Crippen molar-refractivity contribution in [3.05, 3.63) is 47.5 Å². The summed E-state index contributed by atoms with van der Waals surface area (Å²) in [5.41, 5.74) is 0.263. The maximum absolute atomic E-state index is 12.2. The summed E-state index contributed by atoms with van der Waals surface area (Å²) in [6.07, 6.45) is 3.80. The third-order valence-corrected chi connectivity index (χ3v) is 5.70. The van der Waals surface area contributed by atoms with Gasteiger partial charge in [0, 0.05) is 18.7 Å². The minimum absolute atomic E-state index is 0.153. The number of rotatable bonds is 5. The summed E-state index contributed by atoms with van der Waals surface area (Å²) in [6, 6.07) is 6.95. The van der Waals surface area contributed by atoms with Crippen molar-refractivity contribution in [2.45, 2.75) is 65.3 Å². The zero-order chi connectivity index (χ0) is 24.6. The lowest BCUT2D eigenvalue weighted by Gasteiger charge is -2.32. The van der Waals surface area contributed by atoms with Crippen molar-refractivity contribution in [1.82, 2.24) is 5.32 Å². The fourth-order valence-electron chi connectivity index (χ4n) is 3.27. The minimum Gasteiger partial charge on any atom is -0.444 e. The first-order valence-corrected chi connectivity index (χ1v) is 10.9. The normalized spacial score (nSPS) is 19.9. The molecule has 3 rings (SSSR count). The molecule has 0 aliphatic carbocycles. The molecular formula is C24H31BN2O6. The van der Waals surface area contributed by atoms with E-state index >= 15 is 0 Å². The first kappa shape index (κ1) is 24.7. The zero-order valence-corrected chi connectivity index (χ0v) is 20.2. The number of carbonyl (C=O) groups is 3.